The van der Waals surface area contributed by atoms with Crippen LogP contribution in [0.1, 0.15) is 25.5 Å². The third kappa shape index (κ3) is 6.99. The summed E-state index contributed by atoms with van der Waals surface area (Å²) < 4.78 is 18.5. The monoisotopic (exact) mass is 504 g/mol. The van der Waals surface area contributed by atoms with E-state index < -0.39 is 0 Å². The molecule has 1 aliphatic heterocycles. The number of oxazole rings is 1. The maximum Gasteiger partial charge on any atom is 0.226 e. The Balaban J connectivity index is 0.00000261. The summed E-state index contributed by atoms with van der Waals surface area (Å²) in [6.07, 6.45) is 4.95. The number of thioether (sulfide) groups is 1. The van der Waals surface area contributed by atoms with Gasteiger partial charge in [-0.1, -0.05) is 0 Å². The predicted octanol–water partition coefficient (Wildman–Crippen LogP) is 4.09. The Morgan fingerprint density at radius 3 is 2.85 bits per heavy atom. The zero-order chi connectivity index (χ0) is 18.2. The number of benzene rings is 1. The molecule has 0 radical (unpaired) electrons. The summed E-state index contributed by atoms with van der Waals surface area (Å²) in [4.78, 5) is 9.15. The number of halogens is 2. The third-order valence-corrected chi connectivity index (χ3v) is 5.52. The lowest BCUT2D eigenvalue weighted by atomic mass is 10.2. The van der Waals surface area contributed by atoms with Crippen molar-refractivity contribution >= 4 is 41.7 Å². The van der Waals surface area contributed by atoms with Crippen molar-refractivity contribution in [3.63, 3.8) is 0 Å². The summed E-state index contributed by atoms with van der Waals surface area (Å²) in [7, 11) is 0. The van der Waals surface area contributed by atoms with Crippen molar-refractivity contribution in [3.8, 4) is 11.5 Å². The lowest BCUT2D eigenvalue weighted by Crippen LogP contribution is -2.38. The van der Waals surface area contributed by atoms with Crippen molar-refractivity contribution in [2.24, 2.45) is 4.99 Å². The summed E-state index contributed by atoms with van der Waals surface area (Å²) in [6, 6.07) is 6.14. The van der Waals surface area contributed by atoms with Crippen molar-refractivity contribution in [2.45, 2.75) is 31.4 Å². The third-order valence-electron chi connectivity index (χ3n) is 4.14. The van der Waals surface area contributed by atoms with Crippen LogP contribution in [0.5, 0.6) is 0 Å². The Morgan fingerprint density at radius 2 is 2.15 bits per heavy atom. The molecule has 0 spiro atoms. The minimum absolute atomic E-state index is 0. The van der Waals surface area contributed by atoms with E-state index in [0.29, 0.717) is 11.1 Å². The van der Waals surface area contributed by atoms with Crippen molar-refractivity contribution < 1.29 is 8.81 Å². The van der Waals surface area contributed by atoms with E-state index in [-0.39, 0.29) is 29.8 Å². The number of aromatic nitrogens is 1. The van der Waals surface area contributed by atoms with E-state index in [0.717, 1.165) is 43.3 Å². The van der Waals surface area contributed by atoms with Gasteiger partial charge in [-0.25, -0.2) is 9.37 Å². The van der Waals surface area contributed by atoms with Gasteiger partial charge in [0.1, 0.15) is 12.1 Å². The van der Waals surface area contributed by atoms with Gasteiger partial charge in [0.25, 0.3) is 0 Å². The smallest absolute Gasteiger partial charge is 0.226 e. The first-order chi connectivity index (χ1) is 12.7. The molecule has 2 N–H and O–H groups in total. The SMILES string of the molecule is CCNC(=NCC1CCCS1)NCCc1coc(-c2ccc(F)cc2)n1.I. The molecular weight excluding hydrogens is 478 g/mol. The molecule has 1 aliphatic rings. The van der Waals surface area contributed by atoms with Crippen LogP contribution in [0.3, 0.4) is 0 Å². The first-order valence-corrected chi connectivity index (χ1v) is 10.1. The zero-order valence-corrected chi connectivity index (χ0v) is 18.6. The number of nitrogens with one attached hydrogen (secondary N) is 2. The fourth-order valence-electron chi connectivity index (χ4n) is 2.78. The number of hydrogen-bond donors (Lipinski definition) is 2. The Labute approximate surface area is 181 Å². The average molecular weight is 504 g/mol. The zero-order valence-electron chi connectivity index (χ0n) is 15.4. The first-order valence-electron chi connectivity index (χ1n) is 9.08. The van der Waals surface area contributed by atoms with Crippen molar-refractivity contribution in [3.05, 3.63) is 42.0 Å². The van der Waals surface area contributed by atoms with E-state index >= 15 is 0 Å². The van der Waals surface area contributed by atoms with Crippen LogP contribution in [0.15, 0.2) is 39.9 Å². The fourth-order valence-corrected chi connectivity index (χ4v) is 3.96. The van der Waals surface area contributed by atoms with Crippen LogP contribution in [0.25, 0.3) is 11.5 Å². The van der Waals surface area contributed by atoms with Crippen molar-refractivity contribution in [1.29, 1.82) is 0 Å². The number of hydrogen-bond acceptors (Lipinski definition) is 4. The van der Waals surface area contributed by atoms with Gasteiger partial charge in [-0.05, 0) is 49.8 Å². The van der Waals surface area contributed by atoms with Crippen molar-refractivity contribution in [2.75, 3.05) is 25.4 Å². The number of aliphatic imine (C=N–C) groups is 1. The molecule has 1 saturated heterocycles. The predicted molar refractivity (Wildman–Crippen MR) is 120 cm³/mol. The number of guanidine groups is 1. The largest absolute Gasteiger partial charge is 0.444 e. The van der Waals surface area contributed by atoms with Crippen molar-refractivity contribution in [1.82, 2.24) is 15.6 Å². The quantitative estimate of drug-likeness (QED) is 0.338. The highest BCUT2D eigenvalue weighted by molar-refractivity contribution is 14.0. The Morgan fingerprint density at radius 1 is 1.33 bits per heavy atom. The lowest BCUT2D eigenvalue weighted by Gasteiger charge is -2.12. The molecule has 0 amide bonds. The number of nitrogens with zero attached hydrogens (tertiary/aromatic N) is 2. The van der Waals surface area contributed by atoms with Gasteiger partial charge in [-0.15, -0.1) is 24.0 Å². The highest BCUT2D eigenvalue weighted by Gasteiger charge is 2.15. The second kappa shape index (κ2) is 11.5. The fraction of sp³-hybridized carbons (Fsp3) is 0.474. The van der Waals surface area contributed by atoms with Crippen LogP contribution in [0.2, 0.25) is 0 Å². The minimum Gasteiger partial charge on any atom is -0.444 e. The van der Waals surface area contributed by atoms with E-state index in [2.05, 4.69) is 27.5 Å². The molecule has 8 heteroatoms. The normalized spacial score (nSPS) is 16.8. The van der Waals surface area contributed by atoms with Gasteiger partial charge in [0.15, 0.2) is 5.96 Å². The average Bonchev–Trinajstić information content (AvgIpc) is 3.32. The highest BCUT2D eigenvalue weighted by atomic mass is 127. The molecule has 3 rings (SSSR count). The molecule has 27 heavy (non-hydrogen) atoms. The van der Waals surface area contributed by atoms with Gasteiger partial charge in [0.2, 0.25) is 5.89 Å². The van der Waals surface area contributed by atoms with Crippen LogP contribution in [-0.4, -0.2) is 41.6 Å². The summed E-state index contributed by atoms with van der Waals surface area (Å²) >= 11 is 2.02. The van der Waals surface area contributed by atoms with E-state index in [9.17, 15) is 4.39 Å². The Kier molecular flexibility index (Phi) is 9.40. The topological polar surface area (TPSA) is 62.5 Å². The molecule has 5 nitrogen and oxygen atoms in total. The van der Waals surface area contributed by atoms with E-state index in [1.54, 1.807) is 18.4 Å². The molecule has 2 heterocycles. The van der Waals surface area contributed by atoms with Crippen LogP contribution in [0.4, 0.5) is 4.39 Å². The van der Waals surface area contributed by atoms with Gasteiger partial charge in [-0.3, -0.25) is 4.99 Å². The van der Waals surface area contributed by atoms with Crippen LogP contribution >= 0.6 is 35.7 Å². The van der Waals surface area contributed by atoms with Gasteiger partial charge >= 0.3 is 0 Å². The van der Waals surface area contributed by atoms with Crippen LogP contribution < -0.4 is 10.6 Å². The minimum atomic E-state index is -0.268. The second-order valence-electron chi connectivity index (χ2n) is 6.18. The molecular formula is C19H26FIN4OS. The molecule has 1 unspecified atom stereocenters. The van der Waals surface area contributed by atoms with Gasteiger partial charge in [0.05, 0.1) is 12.2 Å². The van der Waals surface area contributed by atoms with Gasteiger partial charge in [0, 0.05) is 30.3 Å². The molecule has 1 aromatic carbocycles. The molecule has 2 aromatic rings. The summed E-state index contributed by atoms with van der Waals surface area (Å²) in [5, 5.41) is 7.28. The molecule has 0 aliphatic carbocycles. The van der Waals surface area contributed by atoms with Gasteiger partial charge < -0.3 is 15.1 Å². The second-order valence-corrected chi connectivity index (χ2v) is 7.59. The molecule has 148 valence electrons. The molecule has 1 aromatic heterocycles. The van der Waals surface area contributed by atoms with E-state index in [4.69, 9.17) is 4.42 Å². The van der Waals surface area contributed by atoms with Gasteiger partial charge in [-0.2, -0.15) is 11.8 Å². The molecule has 0 bridgehead atoms. The van der Waals surface area contributed by atoms with Crippen LogP contribution in [0, 0.1) is 5.82 Å². The Bertz CT molecular complexity index is 717. The molecule has 0 saturated carbocycles. The lowest BCUT2D eigenvalue weighted by molar-refractivity contribution is 0.571. The maximum absolute atomic E-state index is 13.0. The Hall–Kier alpha value is -1.29. The summed E-state index contributed by atoms with van der Waals surface area (Å²) in [5.74, 6) is 2.35. The van der Waals surface area contributed by atoms with E-state index in [1.165, 1.54) is 30.7 Å². The first kappa shape index (κ1) is 22.0. The van der Waals surface area contributed by atoms with E-state index in [1.807, 2.05) is 11.8 Å². The maximum atomic E-state index is 13.0. The summed E-state index contributed by atoms with van der Waals surface area (Å²) in [5.41, 5.74) is 1.63. The number of rotatable bonds is 7. The molecule has 1 atom stereocenters. The van der Waals surface area contributed by atoms with Crippen LogP contribution in [-0.2, 0) is 6.42 Å². The summed E-state index contributed by atoms with van der Waals surface area (Å²) in [6.45, 7) is 4.48. The highest BCUT2D eigenvalue weighted by Crippen LogP contribution is 2.26. The molecule has 1 fully saturated rings. The standard InChI is InChI=1S/C19H25FN4OS.HI/c1-2-21-19(23-12-17-4-3-11-26-17)22-10-9-16-13-25-18(24-16)14-5-7-15(20)8-6-14;/h5-8,13,17H,2-4,9-12H2,1H3,(H2,21,22,23);1H.